The van der Waals surface area contributed by atoms with Crippen molar-refractivity contribution in [1.29, 1.82) is 0 Å². The number of carbonyl (C=O) groups excluding carboxylic acids is 1. The number of hydrogen-bond acceptors (Lipinski definition) is 6. The zero-order valence-corrected chi connectivity index (χ0v) is 21.6. The molecule has 0 unspecified atom stereocenters. The van der Waals surface area contributed by atoms with Gasteiger partial charge in [-0.3, -0.25) is 9.69 Å². The second kappa shape index (κ2) is 11.0. The molecule has 1 saturated heterocycles. The molecular formula is C26H34F3N5OS. The summed E-state index contributed by atoms with van der Waals surface area (Å²) >= 11 is 1.52. The molecule has 0 bridgehead atoms. The van der Waals surface area contributed by atoms with Crippen molar-refractivity contribution >= 4 is 29.0 Å². The molecule has 6 nitrogen and oxygen atoms in total. The van der Waals surface area contributed by atoms with Gasteiger partial charge in [0.2, 0.25) is 5.91 Å². The number of nitrogens with one attached hydrogen (secondary N) is 1. The monoisotopic (exact) mass is 521 g/mol. The molecule has 2 heterocycles. The first kappa shape index (κ1) is 26.8. The van der Waals surface area contributed by atoms with Gasteiger partial charge >= 0.3 is 6.18 Å². The molecule has 196 valence electrons. The van der Waals surface area contributed by atoms with Crippen LogP contribution in [0, 0.1) is 0 Å². The lowest BCUT2D eigenvalue weighted by Gasteiger charge is -2.36. The smallest absolute Gasteiger partial charge is 0.353 e. The highest BCUT2D eigenvalue weighted by atomic mass is 32.2. The van der Waals surface area contributed by atoms with Crippen LogP contribution in [-0.4, -0.2) is 73.6 Å². The molecule has 0 radical (unpaired) electrons. The predicted octanol–water partition coefficient (Wildman–Crippen LogP) is 4.17. The molecule has 0 aromatic heterocycles. The van der Waals surface area contributed by atoms with Crippen molar-refractivity contribution in [3.05, 3.63) is 48.0 Å². The van der Waals surface area contributed by atoms with E-state index in [4.69, 9.17) is 5.73 Å². The molecule has 0 atom stereocenters. The van der Waals surface area contributed by atoms with Crippen molar-refractivity contribution in [3.8, 4) is 0 Å². The second-order valence-corrected chi connectivity index (χ2v) is 11.0. The lowest BCUT2D eigenvalue weighted by atomic mass is 10.1. The van der Waals surface area contributed by atoms with E-state index < -0.39 is 17.3 Å². The topological polar surface area (TPSA) is 64.8 Å². The Morgan fingerprint density at radius 1 is 0.944 bits per heavy atom. The number of fused-ring (bicyclic) bond motifs is 2. The first-order chi connectivity index (χ1) is 17.0. The van der Waals surface area contributed by atoms with Crippen molar-refractivity contribution in [2.45, 2.75) is 41.8 Å². The highest BCUT2D eigenvalue weighted by Crippen LogP contribution is 2.49. The SMILES string of the molecule is CC(C)(N)C(=O)NCCN1CCN(CCCN2c3ccccc3Sc3ccc(C(F)(F)F)cc32)CC1. The number of halogens is 3. The Morgan fingerprint density at radius 2 is 1.58 bits per heavy atom. The van der Waals surface area contributed by atoms with E-state index in [0.717, 1.165) is 61.2 Å². The molecule has 4 rings (SSSR count). The molecule has 0 aliphatic carbocycles. The Balaban J connectivity index is 1.31. The van der Waals surface area contributed by atoms with Crippen LogP contribution in [0.4, 0.5) is 24.5 Å². The number of nitrogens with two attached hydrogens (primary N) is 1. The quantitative estimate of drug-likeness (QED) is 0.544. The van der Waals surface area contributed by atoms with Gasteiger partial charge in [-0.15, -0.1) is 0 Å². The van der Waals surface area contributed by atoms with Gasteiger partial charge in [0.1, 0.15) is 0 Å². The van der Waals surface area contributed by atoms with Crippen molar-refractivity contribution in [2.24, 2.45) is 5.73 Å². The minimum atomic E-state index is -4.37. The fourth-order valence-electron chi connectivity index (χ4n) is 4.49. The summed E-state index contributed by atoms with van der Waals surface area (Å²) < 4.78 is 40.2. The van der Waals surface area contributed by atoms with Gasteiger partial charge in [0, 0.05) is 55.6 Å². The maximum Gasteiger partial charge on any atom is 0.416 e. The standard InChI is InChI=1S/C26H34F3N5OS/c1-25(2,30)24(35)31-10-13-33-16-14-32(15-17-33)11-5-12-34-20-6-3-4-7-22(20)36-23-9-8-19(18-21(23)34)26(27,28)29/h3-4,6-9,18H,5,10-17,30H2,1-2H3,(H,31,35). The zero-order valence-electron chi connectivity index (χ0n) is 20.8. The molecule has 2 aromatic carbocycles. The minimum Gasteiger partial charge on any atom is -0.353 e. The predicted molar refractivity (Wildman–Crippen MR) is 138 cm³/mol. The Bertz CT molecular complexity index is 1060. The van der Waals surface area contributed by atoms with Gasteiger partial charge in [0.15, 0.2) is 0 Å². The zero-order chi connectivity index (χ0) is 25.9. The van der Waals surface area contributed by atoms with Gasteiger partial charge in [-0.1, -0.05) is 23.9 Å². The van der Waals surface area contributed by atoms with Crippen LogP contribution >= 0.6 is 11.8 Å². The van der Waals surface area contributed by atoms with Gasteiger partial charge in [0.25, 0.3) is 0 Å². The van der Waals surface area contributed by atoms with Crippen molar-refractivity contribution in [1.82, 2.24) is 15.1 Å². The third kappa shape index (κ3) is 6.53. The average molecular weight is 522 g/mol. The lowest BCUT2D eigenvalue weighted by molar-refractivity contribution is -0.137. The molecular weight excluding hydrogens is 487 g/mol. The number of carbonyl (C=O) groups is 1. The van der Waals surface area contributed by atoms with E-state index in [-0.39, 0.29) is 5.91 Å². The normalized spacial score (nSPS) is 17.0. The average Bonchev–Trinajstić information content (AvgIpc) is 2.83. The van der Waals surface area contributed by atoms with Gasteiger partial charge in [-0.05, 0) is 57.1 Å². The second-order valence-electron chi connectivity index (χ2n) is 9.92. The van der Waals surface area contributed by atoms with E-state index in [9.17, 15) is 18.0 Å². The van der Waals surface area contributed by atoms with E-state index in [0.29, 0.717) is 18.8 Å². The number of para-hydroxylation sites is 1. The molecule has 0 saturated carbocycles. The third-order valence-electron chi connectivity index (χ3n) is 6.57. The molecule has 2 aromatic rings. The van der Waals surface area contributed by atoms with E-state index in [1.54, 1.807) is 19.9 Å². The number of piperazine rings is 1. The van der Waals surface area contributed by atoms with Crippen LogP contribution < -0.4 is 16.0 Å². The summed E-state index contributed by atoms with van der Waals surface area (Å²) in [5.41, 5.74) is 5.90. The van der Waals surface area contributed by atoms with Crippen LogP contribution in [0.2, 0.25) is 0 Å². The maximum absolute atomic E-state index is 13.4. The molecule has 36 heavy (non-hydrogen) atoms. The van der Waals surface area contributed by atoms with Gasteiger partial charge in [-0.2, -0.15) is 13.2 Å². The summed E-state index contributed by atoms with van der Waals surface area (Å²) in [4.78, 5) is 20.6. The molecule has 0 spiro atoms. The van der Waals surface area contributed by atoms with E-state index >= 15 is 0 Å². The van der Waals surface area contributed by atoms with Crippen molar-refractivity contribution in [2.75, 3.05) is 57.3 Å². The fraction of sp³-hybridized carbons (Fsp3) is 0.500. The van der Waals surface area contributed by atoms with Crippen LogP contribution in [0.25, 0.3) is 0 Å². The molecule has 2 aliphatic heterocycles. The van der Waals surface area contributed by atoms with Crippen molar-refractivity contribution < 1.29 is 18.0 Å². The van der Waals surface area contributed by atoms with E-state index in [1.165, 1.54) is 23.9 Å². The third-order valence-corrected chi connectivity index (χ3v) is 7.70. The Hall–Kier alpha value is -2.27. The van der Waals surface area contributed by atoms with E-state index in [1.807, 2.05) is 29.2 Å². The van der Waals surface area contributed by atoms with Crippen LogP contribution in [0.1, 0.15) is 25.8 Å². The maximum atomic E-state index is 13.4. The van der Waals surface area contributed by atoms with Crippen LogP contribution in [0.15, 0.2) is 52.3 Å². The lowest BCUT2D eigenvalue weighted by Crippen LogP contribution is -2.52. The number of alkyl halides is 3. The Kier molecular flexibility index (Phi) is 8.18. The number of benzene rings is 2. The molecule has 1 amide bonds. The number of rotatable bonds is 8. The molecule has 10 heteroatoms. The summed E-state index contributed by atoms with van der Waals surface area (Å²) in [5.74, 6) is -0.150. The summed E-state index contributed by atoms with van der Waals surface area (Å²) in [5, 5.41) is 2.88. The molecule has 3 N–H and O–H groups in total. The number of amides is 1. The minimum absolute atomic E-state index is 0.150. The molecule has 1 fully saturated rings. The van der Waals surface area contributed by atoms with Crippen molar-refractivity contribution in [3.63, 3.8) is 0 Å². The summed E-state index contributed by atoms with van der Waals surface area (Å²) in [6, 6.07) is 11.9. The summed E-state index contributed by atoms with van der Waals surface area (Å²) in [6.07, 6.45) is -3.53. The van der Waals surface area contributed by atoms with Gasteiger partial charge in [0.05, 0.1) is 22.5 Å². The number of anilines is 2. The van der Waals surface area contributed by atoms with E-state index in [2.05, 4.69) is 15.1 Å². The van der Waals surface area contributed by atoms with Crippen LogP contribution in [-0.2, 0) is 11.0 Å². The van der Waals surface area contributed by atoms with Gasteiger partial charge in [-0.25, -0.2) is 0 Å². The number of hydrogen-bond donors (Lipinski definition) is 2. The highest BCUT2D eigenvalue weighted by molar-refractivity contribution is 7.99. The fourth-order valence-corrected chi connectivity index (χ4v) is 5.57. The Labute approximate surface area is 215 Å². The molecule has 2 aliphatic rings. The Morgan fingerprint density at radius 3 is 2.25 bits per heavy atom. The summed E-state index contributed by atoms with van der Waals surface area (Å²) in [7, 11) is 0. The number of nitrogens with zero attached hydrogens (tertiary/aromatic N) is 3. The summed E-state index contributed by atoms with van der Waals surface area (Å²) in [6.45, 7) is 9.97. The van der Waals surface area contributed by atoms with Gasteiger partial charge < -0.3 is 20.9 Å². The van der Waals surface area contributed by atoms with Crippen LogP contribution in [0.5, 0.6) is 0 Å². The largest absolute Gasteiger partial charge is 0.416 e. The first-order valence-corrected chi connectivity index (χ1v) is 13.1. The first-order valence-electron chi connectivity index (χ1n) is 12.3. The van der Waals surface area contributed by atoms with Crippen LogP contribution in [0.3, 0.4) is 0 Å². The highest BCUT2D eigenvalue weighted by Gasteiger charge is 2.33.